The Kier molecular flexibility index (Phi) is 1.89. The summed E-state index contributed by atoms with van der Waals surface area (Å²) in [6.07, 6.45) is 0. The van der Waals surface area contributed by atoms with Gasteiger partial charge in [-0.1, -0.05) is 23.8 Å². The fourth-order valence-electron chi connectivity index (χ4n) is 1.39. The Morgan fingerprint density at radius 3 is 2.64 bits per heavy atom. The van der Waals surface area contributed by atoms with Gasteiger partial charge in [-0.05, 0) is 13.0 Å². The van der Waals surface area contributed by atoms with Crippen molar-refractivity contribution in [2.24, 2.45) is 0 Å². The Balaban J connectivity index is 2.55. The summed E-state index contributed by atoms with van der Waals surface area (Å²) in [6, 6.07) is 8.00. The highest BCUT2D eigenvalue weighted by Gasteiger charge is 2.08. The zero-order valence-electron chi connectivity index (χ0n) is 7.91. The molecule has 14 heavy (non-hydrogen) atoms. The fraction of sp³-hybridized carbons (Fsp3) is 0.100. The Morgan fingerprint density at radius 2 is 2.07 bits per heavy atom. The largest absolute Gasteiger partial charge is 0.394 e. The first-order valence-electron chi connectivity index (χ1n) is 4.35. The SMILES string of the molecule is Cc1cccc(-c2[nH]nc(N)c2N)c1. The lowest BCUT2D eigenvalue weighted by molar-refractivity contribution is 1.10. The predicted molar refractivity (Wildman–Crippen MR) is 57.6 cm³/mol. The Morgan fingerprint density at radius 1 is 1.29 bits per heavy atom. The lowest BCUT2D eigenvalue weighted by Crippen LogP contribution is -1.92. The predicted octanol–water partition coefficient (Wildman–Crippen LogP) is 1.55. The monoisotopic (exact) mass is 188 g/mol. The van der Waals surface area contributed by atoms with Crippen LogP contribution in [-0.2, 0) is 0 Å². The standard InChI is InChI=1S/C10H12N4/c1-6-3-2-4-7(5-6)9-8(11)10(12)14-13-9/h2-5H,11H2,1H3,(H3,12,13,14). The van der Waals surface area contributed by atoms with Crippen molar-refractivity contribution in [1.29, 1.82) is 0 Å². The molecule has 5 N–H and O–H groups in total. The van der Waals surface area contributed by atoms with Crippen LogP contribution in [0, 0.1) is 6.92 Å². The number of aryl methyl sites for hydroxylation is 1. The van der Waals surface area contributed by atoms with Crippen molar-refractivity contribution in [2.75, 3.05) is 11.5 Å². The molecule has 0 bridgehead atoms. The van der Waals surface area contributed by atoms with E-state index in [0.717, 1.165) is 11.3 Å². The molecule has 0 amide bonds. The number of aromatic amines is 1. The number of hydrogen-bond acceptors (Lipinski definition) is 3. The maximum Gasteiger partial charge on any atom is 0.169 e. The zero-order chi connectivity index (χ0) is 10.1. The van der Waals surface area contributed by atoms with E-state index >= 15 is 0 Å². The topological polar surface area (TPSA) is 80.7 Å². The summed E-state index contributed by atoms with van der Waals surface area (Å²) in [5.41, 5.74) is 14.8. The molecule has 4 heteroatoms. The highest BCUT2D eigenvalue weighted by Crippen LogP contribution is 2.27. The summed E-state index contributed by atoms with van der Waals surface area (Å²) >= 11 is 0. The van der Waals surface area contributed by atoms with E-state index in [2.05, 4.69) is 10.2 Å². The van der Waals surface area contributed by atoms with Crippen molar-refractivity contribution < 1.29 is 0 Å². The van der Waals surface area contributed by atoms with Crippen LogP contribution in [-0.4, -0.2) is 10.2 Å². The van der Waals surface area contributed by atoms with Crippen LogP contribution in [0.5, 0.6) is 0 Å². The van der Waals surface area contributed by atoms with Crippen molar-refractivity contribution in [3.8, 4) is 11.3 Å². The van der Waals surface area contributed by atoms with E-state index in [1.54, 1.807) is 0 Å². The highest BCUT2D eigenvalue weighted by atomic mass is 15.2. The number of rotatable bonds is 1. The molecule has 0 spiro atoms. The first kappa shape index (κ1) is 8.62. The number of anilines is 2. The molecule has 0 radical (unpaired) electrons. The lowest BCUT2D eigenvalue weighted by atomic mass is 10.1. The molecule has 0 aliphatic carbocycles. The molecule has 0 aliphatic rings. The van der Waals surface area contributed by atoms with Crippen LogP contribution in [0.15, 0.2) is 24.3 Å². The molecular formula is C10H12N4. The second-order valence-electron chi connectivity index (χ2n) is 3.27. The smallest absolute Gasteiger partial charge is 0.169 e. The molecule has 0 saturated heterocycles. The number of benzene rings is 1. The van der Waals surface area contributed by atoms with Crippen LogP contribution in [0.4, 0.5) is 11.5 Å². The van der Waals surface area contributed by atoms with Gasteiger partial charge in [0.1, 0.15) is 5.69 Å². The first-order chi connectivity index (χ1) is 6.68. The van der Waals surface area contributed by atoms with Crippen LogP contribution in [0.25, 0.3) is 11.3 Å². The third-order valence-corrected chi connectivity index (χ3v) is 2.14. The quantitative estimate of drug-likeness (QED) is 0.635. The average Bonchev–Trinajstić information content (AvgIpc) is 2.48. The minimum atomic E-state index is 0.349. The number of hydrogen-bond donors (Lipinski definition) is 3. The van der Waals surface area contributed by atoms with Crippen molar-refractivity contribution in [1.82, 2.24) is 10.2 Å². The maximum atomic E-state index is 5.77. The molecule has 2 aromatic rings. The average molecular weight is 188 g/mol. The molecular weight excluding hydrogens is 176 g/mol. The summed E-state index contributed by atoms with van der Waals surface area (Å²) in [6.45, 7) is 2.03. The number of nitrogens with zero attached hydrogens (tertiary/aromatic N) is 1. The first-order valence-corrected chi connectivity index (χ1v) is 4.35. The molecule has 0 saturated carbocycles. The van der Waals surface area contributed by atoms with Gasteiger partial charge in [-0.25, -0.2) is 0 Å². The van der Waals surface area contributed by atoms with E-state index in [9.17, 15) is 0 Å². The van der Waals surface area contributed by atoms with Crippen molar-refractivity contribution in [2.45, 2.75) is 6.92 Å². The molecule has 72 valence electrons. The Bertz CT molecular complexity index is 459. The maximum absolute atomic E-state index is 5.77. The molecule has 4 nitrogen and oxygen atoms in total. The van der Waals surface area contributed by atoms with Crippen LogP contribution in [0.2, 0.25) is 0 Å². The highest BCUT2D eigenvalue weighted by molar-refractivity contribution is 5.79. The van der Waals surface area contributed by atoms with E-state index in [-0.39, 0.29) is 0 Å². The van der Waals surface area contributed by atoms with Crippen LogP contribution in [0.1, 0.15) is 5.56 Å². The van der Waals surface area contributed by atoms with Gasteiger partial charge in [0.25, 0.3) is 0 Å². The van der Waals surface area contributed by atoms with E-state index in [0.29, 0.717) is 11.5 Å². The lowest BCUT2D eigenvalue weighted by Gasteiger charge is -2.00. The molecule has 0 atom stereocenters. The van der Waals surface area contributed by atoms with Gasteiger partial charge in [-0.2, -0.15) is 5.10 Å². The minimum Gasteiger partial charge on any atom is -0.394 e. The Labute approximate surface area is 81.9 Å². The van der Waals surface area contributed by atoms with Gasteiger partial charge in [0.05, 0.1) is 5.69 Å². The van der Waals surface area contributed by atoms with Gasteiger partial charge in [-0.3, -0.25) is 5.10 Å². The molecule has 1 aromatic heterocycles. The van der Waals surface area contributed by atoms with E-state index in [1.807, 2.05) is 31.2 Å². The number of nitrogens with two attached hydrogens (primary N) is 2. The van der Waals surface area contributed by atoms with E-state index in [1.165, 1.54) is 5.56 Å². The van der Waals surface area contributed by atoms with Crippen molar-refractivity contribution in [3.05, 3.63) is 29.8 Å². The van der Waals surface area contributed by atoms with Gasteiger partial charge in [-0.15, -0.1) is 0 Å². The van der Waals surface area contributed by atoms with Crippen molar-refractivity contribution in [3.63, 3.8) is 0 Å². The summed E-state index contributed by atoms with van der Waals surface area (Å²) in [4.78, 5) is 0. The molecule has 0 fully saturated rings. The number of H-pyrrole nitrogens is 1. The van der Waals surface area contributed by atoms with Gasteiger partial charge >= 0.3 is 0 Å². The van der Waals surface area contributed by atoms with Crippen LogP contribution in [0.3, 0.4) is 0 Å². The minimum absolute atomic E-state index is 0.349. The third-order valence-electron chi connectivity index (χ3n) is 2.14. The van der Waals surface area contributed by atoms with Gasteiger partial charge in [0, 0.05) is 5.56 Å². The molecule has 1 aromatic carbocycles. The van der Waals surface area contributed by atoms with Gasteiger partial charge in [0.15, 0.2) is 5.82 Å². The Hall–Kier alpha value is -1.97. The molecule has 0 unspecified atom stereocenters. The second kappa shape index (κ2) is 3.06. The molecule has 1 heterocycles. The van der Waals surface area contributed by atoms with Crippen LogP contribution < -0.4 is 11.5 Å². The van der Waals surface area contributed by atoms with Crippen molar-refractivity contribution >= 4 is 11.5 Å². The summed E-state index contributed by atoms with van der Waals surface area (Å²) < 4.78 is 0. The molecule has 0 aliphatic heterocycles. The second-order valence-corrected chi connectivity index (χ2v) is 3.27. The summed E-state index contributed by atoms with van der Waals surface area (Å²) in [5.74, 6) is 0.349. The number of nitrogen functional groups attached to an aromatic ring is 2. The molecule has 2 rings (SSSR count). The third kappa shape index (κ3) is 1.31. The van der Waals surface area contributed by atoms with Gasteiger partial charge in [0.2, 0.25) is 0 Å². The summed E-state index contributed by atoms with van der Waals surface area (Å²) in [7, 11) is 0. The number of aromatic nitrogens is 2. The van der Waals surface area contributed by atoms with E-state index in [4.69, 9.17) is 11.5 Å². The number of nitrogens with one attached hydrogen (secondary N) is 1. The van der Waals surface area contributed by atoms with E-state index < -0.39 is 0 Å². The van der Waals surface area contributed by atoms with Crippen LogP contribution >= 0.6 is 0 Å². The van der Waals surface area contributed by atoms with Gasteiger partial charge < -0.3 is 11.5 Å². The summed E-state index contributed by atoms with van der Waals surface area (Å²) in [5, 5.41) is 6.67. The zero-order valence-corrected chi connectivity index (χ0v) is 7.91. The normalized spacial score (nSPS) is 10.4. The fourth-order valence-corrected chi connectivity index (χ4v) is 1.39.